The monoisotopic (exact) mass is 475 g/mol. The van der Waals surface area contributed by atoms with E-state index in [0.29, 0.717) is 19.0 Å². The second-order valence-corrected chi connectivity index (χ2v) is 9.45. The molecular formula is C28H37N5O2. The number of likely N-dealkylation sites (tertiary alicyclic amines) is 1. The van der Waals surface area contributed by atoms with Crippen LogP contribution in [0.3, 0.4) is 0 Å². The van der Waals surface area contributed by atoms with E-state index in [0.717, 1.165) is 60.5 Å². The second kappa shape index (κ2) is 11.5. The van der Waals surface area contributed by atoms with E-state index in [2.05, 4.69) is 47.2 Å². The van der Waals surface area contributed by atoms with Crippen LogP contribution in [0.25, 0.3) is 10.9 Å². The highest BCUT2D eigenvalue weighted by Gasteiger charge is 2.26. The summed E-state index contributed by atoms with van der Waals surface area (Å²) in [6.07, 6.45) is 3.58. The largest absolute Gasteiger partial charge is 0.491 e. The lowest BCUT2D eigenvalue weighted by molar-refractivity contribution is 0.194. The van der Waals surface area contributed by atoms with Crippen molar-refractivity contribution in [1.29, 1.82) is 0 Å². The molecule has 1 fully saturated rings. The molecule has 0 saturated carbocycles. The molecule has 2 amide bonds. The molecule has 0 radical (unpaired) electrons. The Morgan fingerprint density at radius 3 is 2.46 bits per heavy atom. The number of amides is 2. The smallest absolute Gasteiger partial charge is 0.321 e. The number of benzene rings is 2. The Labute approximate surface area is 208 Å². The molecule has 2 heterocycles. The molecule has 0 bridgehead atoms. The average Bonchev–Trinajstić information content (AvgIpc) is 2.87. The summed E-state index contributed by atoms with van der Waals surface area (Å²) in [4.78, 5) is 26.3. The number of nitrogens with zero attached hydrogens (tertiary/aromatic N) is 4. The molecule has 1 saturated heterocycles. The quantitative estimate of drug-likeness (QED) is 0.454. The minimum Gasteiger partial charge on any atom is -0.491 e. The summed E-state index contributed by atoms with van der Waals surface area (Å²) in [7, 11) is 0. The average molecular weight is 476 g/mol. The van der Waals surface area contributed by atoms with E-state index in [-0.39, 0.29) is 12.1 Å². The molecule has 0 unspecified atom stereocenters. The fourth-order valence-corrected chi connectivity index (χ4v) is 4.70. The first-order valence-electron chi connectivity index (χ1n) is 12.7. The maximum absolute atomic E-state index is 12.8. The predicted molar refractivity (Wildman–Crippen MR) is 141 cm³/mol. The summed E-state index contributed by atoms with van der Waals surface area (Å²) in [6.45, 7) is 12.8. The van der Waals surface area contributed by atoms with Crippen LogP contribution < -0.4 is 10.1 Å². The third-order valence-corrected chi connectivity index (χ3v) is 6.68. The number of aromatic nitrogens is 2. The number of anilines is 1. The first kappa shape index (κ1) is 24.9. The fraction of sp³-hybridized carbons (Fsp3) is 0.464. The van der Waals surface area contributed by atoms with Gasteiger partial charge in [-0.05, 0) is 81.7 Å². The van der Waals surface area contributed by atoms with Crippen LogP contribution in [0.15, 0.2) is 48.8 Å². The van der Waals surface area contributed by atoms with E-state index in [1.54, 1.807) is 6.33 Å². The maximum atomic E-state index is 12.8. The van der Waals surface area contributed by atoms with Crippen molar-refractivity contribution in [2.24, 2.45) is 0 Å². The van der Waals surface area contributed by atoms with Crippen molar-refractivity contribution in [3.8, 4) is 5.75 Å². The third kappa shape index (κ3) is 6.28. The van der Waals surface area contributed by atoms with Gasteiger partial charge in [0.05, 0.1) is 17.3 Å². The summed E-state index contributed by atoms with van der Waals surface area (Å²) in [6, 6.07) is 14.0. The summed E-state index contributed by atoms with van der Waals surface area (Å²) in [5, 5.41) is 4.16. The molecule has 0 spiro atoms. The van der Waals surface area contributed by atoms with Gasteiger partial charge in [0, 0.05) is 36.6 Å². The van der Waals surface area contributed by atoms with E-state index >= 15 is 0 Å². The van der Waals surface area contributed by atoms with Gasteiger partial charge in [-0.15, -0.1) is 0 Å². The van der Waals surface area contributed by atoms with Crippen LogP contribution in [0.4, 0.5) is 10.5 Å². The first-order chi connectivity index (χ1) is 17.0. The van der Waals surface area contributed by atoms with Gasteiger partial charge in [-0.25, -0.2) is 14.8 Å². The summed E-state index contributed by atoms with van der Waals surface area (Å²) in [5.74, 6) is 1.12. The molecule has 1 aromatic heterocycles. The van der Waals surface area contributed by atoms with Gasteiger partial charge in [-0.1, -0.05) is 19.9 Å². The molecule has 35 heavy (non-hydrogen) atoms. The Hall–Kier alpha value is -3.19. The zero-order chi connectivity index (χ0) is 24.8. The molecule has 2 aromatic carbocycles. The molecular weight excluding hydrogens is 438 g/mol. The van der Waals surface area contributed by atoms with E-state index in [1.165, 1.54) is 5.56 Å². The van der Waals surface area contributed by atoms with Crippen molar-refractivity contribution >= 4 is 22.6 Å². The summed E-state index contributed by atoms with van der Waals surface area (Å²) in [5.41, 5.74) is 4.16. The van der Waals surface area contributed by atoms with Gasteiger partial charge in [0.1, 0.15) is 12.1 Å². The fourth-order valence-electron chi connectivity index (χ4n) is 4.70. The van der Waals surface area contributed by atoms with Gasteiger partial charge < -0.3 is 15.0 Å². The number of hydrogen-bond donors (Lipinski definition) is 1. The minimum atomic E-state index is -0.0602. The van der Waals surface area contributed by atoms with Gasteiger partial charge in [-0.3, -0.25) is 4.90 Å². The van der Waals surface area contributed by atoms with Crippen LogP contribution in [0, 0.1) is 0 Å². The summed E-state index contributed by atoms with van der Waals surface area (Å²) >= 11 is 0. The van der Waals surface area contributed by atoms with E-state index in [9.17, 15) is 4.79 Å². The molecule has 186 valence electrons. The molecule has 7 heteroatoms. The molecule has 0 atom stereocenters. The molecule has 1 N–H and O–H groups in total. The first-order valence-corrected chi connectivity index (χ1v) is 12.7. The number of urea groups is 1. The van der Waals surface area contributed by atoms with E-state index in [4.69, 9.17) is 9.72 Å². The number of fused-ring (bicyclic) bond motifs is 1. The van der Waals surface area contributed by atoms with Gasteiger partial charge in [-0.2, -0.15) is 0 Å². The molecule has 0 aliphatic carbocycles. The topological polar surface area (TPSA) is 70.6 Å². The highest BCUT2D eigenvalue weighted by atomic mass is 16.5. The van der Waals surface area contributed by atoms with Gasteiger partial charge in [0.25, 0.3) is 0 Å². The normalized spacial score (nSPS) is 14.6. The zero-order valence-electron chi connectivity index (χ0n) is 21.3. The van der Waals surface area contributed by atoms with Crippen molar-refractivity contribution in [2.45, 2.75) is 59.1 Å². The van der Waals surface area contributed by atoms with E-state index in [1.807, 2.05) is 43.0 Å². The Bertz CT molecular complexity index is 1120. The Balaban J connectivity index is 1.39. The van der Waals surface area contributed by atoms with Crippen LogP contribution in [0.5, 0.6) is 5.75 Å². The molecule has 3 aromatic rings. The van der Waals surface area contributed by atoms with Gasteiger partial charge >= 0.3 is 6.03 Å². The van der Waals surface area contributed by atoms with Crippen LogP contribution >= 0.6 is 0 Å². The van der Waals surface area contributed by atoms with Crippen LogP contribution in [0.2, 0.25) is 0 Å². The maximum Gasteiger partial charge on any atom is 0.321 e. The third-order valence-electron chi connectivity index (χ3n) is 6.68. The predicted octanol–water partition coefficient (Wildman–Crippen LogP) is 5.67. The molecule has 4 rings (SSSR count). The van der Waals surface area contributed by atoms with Crippen LogP contribution in [-0.4, -0.2) is 58.1 Å². The number of hydrogen-bond acceptors (Lipinski definition) is 5. The lowest BCUT2D eigenvalue weighted by atomic mass is 9.90. The number of ether oxygens (including phenoxy) is 1. The number of rotatable bonds is 8. The Kier molecular flexibility index (Phi) is 8.18. The lowest BCUT2D eigenvalue weighted by Gasteiger charge is -2.32. The SMILES string of the molecule is CCN(CC)Cc1ccc2ncnc(C3CCN(C(=O)Nc4ccc(OC(C)C)cc4)CC3)c2c1. The number of nitrogens with one attached hydrogen (secondary N) is 1. The summed E-state index contributed by atoms with van der Waals surface area (Å²) < 4.78 is 5.68. The number of piperidine rings is 1. The standard InChI is InChI=1S/C28H37N5O2/c1-5-32(6-2)18-21-7-12-26-25(17-21)27(30-19-29-26)22-13-15-33(16-14-22)28(34)31-23-8-10-24(11-9-23)35-20(3)4/h7-12,17,19-20,22H,5-6,13-16,18H2,1-4H3,(H,31,34). The van der Waals surface area contributed by atoms with Crippen molar-refractivity contribution in [3.05, 3.63) is 60.0 Å². The zero-order valence-corrected chi connectivity index (χ0v) is 21.3. The number of carbonyl (C=O) groups excluding carboxylic acids is 1. The van der Waals surface area contributed by atoms with Gasteiger partial charge in [0.15, 0.2) is 0 Å². The van der Waals surface area contributed by atoms with Crippen molar-refractivity contribution in [3.63, 3.8) is 0 Å². The lowest BCUT2D eigenvalue weighted by Crippen LogP contribution is -2.40. The van der Waals surface area contributed by atoms with Crippen molar-refractivity contribution in [1.82, 2.24) is 19.8 Å². The Morgan fingerprint density at radius 2 is 1.80 bits per heavy atom. The molecule has 7 nitrogen and oxygen atoms in total. The highest BCUT2D eigenvalue weighted by Crippen LogP contribution is 2.32. The molecule has 1 aliphatic rings. The van der Waals surface area contributed by atoms with E-state index < -0.39 is 0 Å². The molecule has 1 aliphatic heterocycles. The van der Waals surface area contributed by atoms with Crippen LogP contribution in [0.1, 0.15) is 57.7 Å². The van der Waals surface area contributed by atoms with Crippen molar-refractivity contribution < 1.29 is 9.53 Å². The van der Waals surface area contributed by atoms with Crippen molar-refractivity contribution in [2.75, 3.05) is 31.5 Å². The Morgan fingerprint density at radius 1 is 1.09 bits per heavy atom. The van der Waals surface area contributed by atoms with Crippen LogP contribution in [-0.2, 0) is 6.54 Å². The highest BCUT2D eigenvalue weighted by molar-refractivity contribution is 5.89. The van der Waals surface area contributed by atoms with Gasteiger partial charge in [0.2, 0.25) is 0 Å². The number of carbonyl (C=O) groups is 1. The minimum absolute atomic E-state index is 0.0602. The second-order valence-electron chi connectivity index (χ2n) is 9.45.